The quantitative estimate of drug-likeness (QED) is 0.905. The SMILES string of the molecule is Cc1ccc(C(C)(C)C)cc1CC(=O)NCCN1CCOCC1. The first-order valence-electron chi connectivity index (χ1n) is 8.53. The molecule has 2 rings (SSSR count). The standard InChI is InChI=1S/C19H30N2O2/c1-15-5-6-17(19(2,3)4)13-16(15)14-18(22)20-7-8-21-9-11-23-12-10-21/h5-6,13H,7-12,14H2,1-4H3,(H,20,22). The van der Waals surface area contributed by atoms with Crippen LogP contribution in [0.25, 0.3) is 0 Å². The minimum atomic E-state index is 0.104. The number of benzene rings is 1. The number of rotatable bonds is 5. The van der Waals surface area contributed by atoms with Gasteiger partial charge in [0, 0.05) is 26.2 Å². The summed E-state index contributed by atoms with van der Waals surface area (Å²) in [6.07, 6.45) is 0.457. The molecule has 0 spiro atoms. The second-order valence-electron chi connectivity index (χ2n) is 7.37. The molecule has 1 amide bonds. The summed E-state index contributed by atoms with van der Waals surface area (Å²) in [5.74, 6) is 0.104. The number of nitrogens with one attached hydrogen (secondary N) is 1. The van der Waals surface area contributed by atoms with Gasteiger partial charge in [0.1, 0.15) is 0 Å². The molecule has 0 unspecified atom stereocenters. The summed E-state index contributed by atoms with van der Waals surface area (Å²) in [7, 11) is 0. The highest BCUT2D eigenvalue weighted by molar-refractivity contribution is 5.79. The molecule has 1 N–H and O–H groups in total. The molecule has 0 atom stereocenters. The van der Waals surface area contributed by atoms with Gasteiger partial charge < -0.3 is 10.1 Å². The molecular weight excluding hydrogens is 288 g/mol. The van der Waals surface area contributed by atoms with Crippen LogP contribution in [0.5, 0.6) is 0 Å². The molecule has 4 heteroatoms. The topological polar surface area (TPSA) is 41.6 Å². The van der Waals surface area contributed by atoms with E-state index in [1.54, 1.807) is 0 Å². The zero-order valence-corrected chi connectivity index (χ0v) is 14.9. The summed E-state index contributed by atoms with van der Waals surface area (Å²) in [5.41, 5.74) is 3.69. The lowest BCUT2D eigenvalue weighted by molar-refractivity contribution is -0.120. The Morgan fingerprint density at radius 2 is 1.96 bits per heavy atom. The average molecular weight is 318 g/mol. The Kier molecular flexibility index (Phi) is 6.19. The zero-order valence-electron chi connectivity index (χ0n) is 14.9. The van der Waals surface area contributed by atoms with Crippen LogP contribution in [0.15, 0.2) is 18.2 Å². The number of morpholine rings is 1. The van der Waals surface area contributed by atoms with Crippen molar-refractivity contribution in [1.82, 2.24) is 10.2 Å². The van der Waals surface area contributed by atoms with Crippen molar-refractivity contribution in [3.8, 4) is 0 Å². The van der Waals surface area contributed by atoms with E-state index in [0.717, 1.165) is 38.4 Å². The van der Waals surface area contributed by atoms with Gasteiger partial charge in [-0.05, 0) is 29.0 Å². The number of amides is 1. The Labute approximate surface area is 140 Å². The highest BCUT2D eigenvalue weighted by Crippen LogP contribution is 2.24. The maximum absolute atomic E-state index is 12.2. The van der Waals surface area contributed by atoms with E-state index in [2.05, 4.69) is 56.1 Å². The second kappa shape index (κ2) is 7.93. The van der Waals surface area contributed by atoms with Crippen LogP contribution in [-0.4, -0.2) is 50.2 Å². The Morgan fingerprint density at radius 3 is 2.61 bits per heavy atom. The number of aryl methyl sites for hydroxylation is 1. The summed E-state index contributed by atoms with van der Waals surface area (Å²) in [6.45, 7) is 13.8. The molecule has 23 heavy (non-hydrogen) atoms. The smallest absolute Gasteiger partial charge is 0.224 e. The van der Waals surface area contributed by atoms with Crippen LogP contribution in [0, 0.1) is 6.92 Å². The Balaban J connectivity index is 1.84. The summed E-state index contributed by atoms with van der Waals surface area (Å²) < 4.78 is 5.33. The van der Waals surface area contributed by atoms with Crippen molar-refractivity contribution in [2.45, 2.75) is 39.5 Å². The third kappa shape index (κ3) is 5.63. The third-order valence-electron chi connectivity index (χ3n) is 4.42. The number of ether oxygens (including phenoxy) is 1. The van der Waals surface area contributed by atoms with E-state index < -0.39 is 0 Å². The first-order valence-corrected chi connectivity index (χ1v) is 8.53. The Morgan fingerprint density at radius 1 is 1.26 bits per heavy atom. The fourth-order valence-corrected chi connectivity index (χ4v) is 2.74. The number of carbonyl (C=O) groups is 1. The predicted molar refractivity (Wildman–Crippen MR) is 93.9 cm³/mol. The highest BCUT2D eigenvalue weighted by atomic mass is 16.5. The van der Waals surface area contributed by atoms with Gasteiger partial charge in [-0.15, -0.1) is 0 Å². The maximum Gasteiger partial charge on any atom is 0.224 e. The summed E-state index contributed by atoms with van der Waals surface area (Å²) in [4.78, 5) is 14.5. The van der Waals surface area contributed by atoms with Gasteiger partial charge in [0.05, 0.1) is 19.6 Å². The lowest BCUT2D eigenvalue weighted by Crippen LogP contribution is -2.41. The lowest BCUT2D eigenvalue weighted by atomic mass is 9.85. The van der Waals surface area contributed by atoms with Crippen LogP contribution in [0.3, 0.4) is 0 Å². The predicted octanol–water partition coefficient (Wildman–Crippen LogP) is 2.28. The van der Waals surface area contributed by atoms with Gasteiger partial charge in [-0.1, -0.05) is 39.0 Å². The average Bonchev–Trinajstić information content (AvgIpc) is 2.49. The first kappa shape index (κ1) is 18.0. The van der Waals surface area contributed by atoms with E-state index in [9.17, 15) is 4.79 Å². The number of hydrogen-bond donors (Lipinski definition) is 1. The van der Waals surface area contributed by atoms with E-state index in [1.165, 1.54) is 11.1 Å². The lowest BCUT2D eigenvalue weighted by Gasteiger charge is -2.26. The maximum atomic E-state index is 12.2. The molecule has 0 aromatic heterocycles. The van der Waals surface area contributed by atoms with Gasteiger partial charge in [0.25, 0.3) is 0 Å². The third-order valence-corrected chi connectivity index (χ3v) is 4.42. The summed E-state index contributed by atoms with van der Waals surface area (Å²) in [6, 6.07) is 6.46. The molecule has 0 bridgehead atoms. The summed E-state index contributed by atoms with van der Waals surface area (Å²) in [5, 5.41) is 3.04. The van der Waals surface area contributed by atoms with Crippen molar-refractivity contribution in [2.24, 2.45) is 0 Å². The van der Waals surface area contributed by atoms with Gasteiger partial charge in [-0.2, -0.15) is 0 Å². The minimum absolute atomic E-state index is 0.104. The molecule has 1 saturated heterocycles. The molecule has 1 aliphatic rings. The van der Waals surface area contributed by atoms with Gasteiger partial charge in [0.2, 0.25) is 5.91 Å². The van der Waals surface area contributed by atoms with Crippen molar-refractivity contribution in [3.05, 3.63) is 34.9 Å². The van der Waals surface area contributed by atoms with Crippen molar-refractivity contribution in [3.63, 3.8) is 0 Å². The van der Waals surface area contributed by atoms with Crippen LogP contribution < -0.4 is 5.32 Å². The van der Waals surface area contributed by atoms with E-state index in [0.29, 0.717) is 13.0 Å². The van der Waals surface area contributed by atoms with Gasteiger partial charge in [-0.3, -0.25) is 9.69 Å². The molecule has 1 aromatic carbocycles. The molecule has 0 saturated carbocycles. The molecule has 0 aliphatic carbocycles. The van der Waals surface area contributed by atoms with Gasteiger partial charge in [0.15, 0.2) is 0 Å². The molecule has 1 aliphatic heterocycles. The van der Waals surface area contributed by atoms with E-state index >= 15 is 0 Å². The van der Waals surface area contributed by atoms with Crippen LogP contribution in [0.4, 0.5) is 0 Å². The highest BCUT2D eigenvalue weighted by Gasteiger charge is 2.16. The molecule has 1 fully saturated rings. The van der Waals surface area contributed by atoms with Crippen molar-refractivity contribution < 1.29 is 9.53 Å². The van der Waals surface area contributed by atoms with Crippen molar-refractivity contribution in [1.29, 1.82) is 0 Å². The molecule has 0 radical (unpaired) electrons. The van der Waals surface area contributed by atoms with E-state index in [1.807, 2.05) is 0 Å². The monoisotopic (exact) mass is 318 g/mol. The van der Waals surface area contributed by atoms with E-state index in [-0.39, 0.29) is 11.3 Å². The molecule has 1 aromatic rings. The van der Waals surface area contributed by atoms with E-state index in [4.69, 9.17) is 4.74 Å². The Bertz CT molecular complexity index is 529. The molecular formula is C19H30N2O2. The van der Waals surface area contributed by atoms with Crippen LogP contribution in [0.1, 0.15) is 37.5 Å². The van der Waals surface area contributed by atoms with Crippen LogP contribution in [0.2, 0.25) is 0 Å². The van der Waals surface area contributed by atoms with Crippen LogP contribution >= 0.6 is 0 Å². The largest absolute Gasteiger partial charge is 0.379 e. The normalized spacial score (nSPS) is 16.3. The van der Waals surface area contributed by atoms with Crippen molar-refractivity contribution in [2.75, 3.05) is 39.4 Å². The first-order chi connectivity index (χ1) is 10.9. The fourth-order valence-electron chi connectivity index (χ4n) is 2.74. The minimum Gasteiger partial charge on any atom is -0.379 e. The number of nitrogens with zero attached hydrogens (tertiary/aromatic N) is 1. The molecule has 1 heterocycles. The molecule has 128 valence electrons. The van der Waals surface area contributed by atoms with Gasteiger partial charge >= 0.3 is 0 Å². The second-order valence-corrected chi connectivity index (χ2v) is 7.37. The van der Waals surface area contributed by atoms with Crippen molar-refractivity contribution >= 4 is 5.91 Å². The van der Waals surface area contributed by atoms with Gasteiger partial charge in [-0.25, -0.2) is 0 Å². The fraction of sp³-hybridized carbons (Fsp3) is 0.632. The number of hydrogen-bond acceptors (Lipinski definition) is 3. The zero-order chi connectivity index (χ0) is 16.9. The van der Waals surface area contributed by atoms with Crippen LogP contribution in [-0.2, 0) is 21.4 Å². The summed E-state index contributed by atoms with van der Waals surface area (Å²) >= 11 is 0. The Hall–Kier alpha value is -1.39. The molecule has 4 nitrogen and oxygen atoms in total. The number of carbonyl (C=O) groups excluding carboxylic acids is 1.